The van der Waals surface area contributed by atoms with E-state index in [2.05, 4.69) is 12.2 Å². The summed E-state index contributed by atoms with van der Waals surface area (Å²) in [5.74, 6) is 2.42. The van der Waals surface area contributed by atoms with Gasteiger partial charge in [0.1, 0.15) is 6.04 Å². The standard InChI is InChI=1S/C13H24N2O2S/c1-4-10(3)12-13(17)15(9-11(16)14-12)7-6-8-18-5-2/h10,12H,4-9H2,1-3H3,(H,14,16). The smallest absolute Gasteiger partial charge is 0.245 e. The normalized spacial score (nSPS) is 21.9. The molecule has 1 aliphatic rings. The van der Waals surface area contributed by atoms with Gasteiger partial charge in [-0.25, -0.2) is 0 Å². The molecule has 0 saturated carbocycles. The molecule has 1 saturated heterocycles. The highest BCUT2D eigenvalue weighted by molar-refractivity contribution is 7.99. The van der Waals surface area contributed by atoms with Gasteiger partial charge in [-0.05, 0) is 23.8 Å². The Kier molecular flexibility index (Phi) is 6.54. The quantitative estimate of drug-likeness (QED) is 0.715. The summed E-state index contributed by atoms with van der Waals surface area (Å²) in [5.41, 5.74) is 0. The Hall–Kier alpha value is -0.710. The Labute approximate surface area is 114 Å². The summed E-state index contributed by atoms with van der Waals surface area (Å²) in [4.78, 5) is 25.6. The number of hydrogen-bond donors (Lipinski definition) is 1. The molecule has 2 amide bonds. The van der Waals surface area contributed by atoms with Gasteiger partial charge in [0.2, 0.25) is 11.8 Å². The van der Waals surface area contributed by atoms with E-state index in [9.17, 15) is 9.59 Å². The number of piperazine rings is 1. The predicted molar refractivity (Wildman–Crippen MR) is 75.6 cm³/mol. The van der Waals surface area contributed by atoms with Gasteiger partial charge >= 0.3 is 0 Å². The molecule has 0 radical (unpaired) electrons. The van der Waals surface area contributed by atoms with Crippen LogP contribution in [0.5, 0.6) is 0 Å². The van der Waals surface area contributed by atoms with Crippen LogP contribution in [0, 0.1) is 5.92 Å². The monoisotopic (exact) mass is 272 g/mol. The number of thioether (sulfide) groups is 1. The third-order valence-electron chi connectivity index (χ3n) is 3.36. The molecule has 104 valence electrons. The van der Waals surface area contributed by atoms with E-state index in [0.717, 1.165) is 24.3 Å². The molecule has 0 aliphatic carbocycles. The maximum atomic E-state index is 12.2. The molecule has 2 unspecified atom stereocenters. The summed E-state index contributed by atoms with van der Waals surface area (Å²) < 4.78 is 0. The third-order valence-corrected chi connectivity index (χ3v) is 4.35. The molecule has 5 heteroatoms. The van der Waals surface area contributed by atoms with Crippen molar-refractivity contribution in [2.45, 2.75) is 39.7 Å². The topological polar surface area (TPSA) is 49.4 Å². The van der Waals surface area contributed by atoms with Crippen molar-refractivity contribution in [2.24, 2.45) is 5.92 Å². The number of nitrogens with one attached hydrogen (secondary N) is 1. The molecule has 0 aromatic heterocycles. The fraction of sp³-hybridized carbons (Fsp3) is 0.846. The number of carbonyl (C=O) groups excluding carboxylic acids is 2. The number of hydrogen-bond acceptors (Lipinski definition) is 3. The first-order valence-electron chi connectivity index (χ1n) is 6.76. The third kappa shape index (κ3) is 4.19. The van der Waals surface area contributed by atoms with E-state index >= 15 is 0 Å². The van der Waals surface area contributed by atoms with Gasteiger partial charge in [0.15, 0.2) is 0 Å². The van der Waals surface area contributed by atoms with Crippen LogP contribution in [0.2, 0.25) is 0 Å². The lowest BCUT2D eigenvalue weighted by molar-refractivity contribution is -0.145. The van der Waals surface area contributed by atoms with Crippen LogP contribution in [0.4, 0.5) is 0 Å². The first-order valence-corrected chi connectivity index (χ1v) is 7.91. The Morgan fingerprint density at radius 1 is 1.44 bits per heavy atom. The summed E-state index contributed by atoms with van der Waals surface area (Å²) in [5, 5.41) is 2.81. The van der Waals surface area contributed by atoms with E-state index in [0.29, 0.717) is 6.54 Å². The molecular weight excluding hydrogens is 248 g/mol. The molecule has 1 heterocycles. The zero-order valence-electron chi connectivity index (χ0n) is 11.6. The van der Waals surface area contributed by atoms with Gasteiger partial charge in [0, 0.05) is 6.54 Å². The van der Waals surface area contributed by atoms with E-state index in [-0.39, 0.29) is 30.3 Å². The van der Waals surface area contributed by atoms with Crippen molar-refractivity contribution < 1.29 is 9.59 Å². The molecule has 18 heavy (non-hydrogen) atoms. The minimum atomic E-state index is -0.324. The van der Waals surface area contributed by atoms with Crippen LogP contribution in [0.25, 0.3) is 0 Å². The van der Waals surface area contributed by atoms with Gasteiger partial charge in [-0.15, -0.1) is 0 Å². The van der Waals surface area contributed by atoms with E-state index < -0.39 is 0 Å². The summed E-state index contributed by atoms with van der Waals surface area (Å²) >= 11 is 1.87. The van der Waals surface area contributed by atoms with Gasteiger partial charge in [0.25, 0.3) is 0 Å². The molecule has 0 bridgehead atoms. The minimum Gasteiger partial charge on any atom is -0.342 e. The van der Waals surface area contributed by atoms with Crippen molar-refractivity contribution in [2.75, 3.05) is 24.6 Å². The highest BCUT2D eigenvalue weighted by atomic mass is 32.2. The van der Waals surface area contributed by atoms with Gasteiger partial charge in [-0.3, -0.25) is 9.59 Å². The second-order valence-electron chi connectivity index (χ2n) is 4.74. The van der Waals surface area contributed by atoms with Crippen LogP contribution >= 0.6 is 11.8 Å². The molecule has 0 spiro atoms. The molecule has 4 nitrogen and oxygen atoms in total. The lowest BCUT2D eigenvalue weighted by atomic mass is 9.96. The highest BCUT2D eigenvalue weighted by Crippen LogP contribution is 2.15. The lowest BCUT2D eigenvalue weighted by Crippen LogP contribution is -2.60. The fourth-order valence-electron chi connectivity index (χ4n) is 2.04. The molecule has 0 aromatic rings. The molecular formula is C13H24N2O2S. The number of amides is 2. The van der Waals surface area contributed by atoms with Crippen molar-refractivity contribution in [3.8, 4) is 0 Å². The van der Waals surface area contributed by atoms with Crippen LogP contribution in [0.15, 0.2) is 0 Å². The SMILES string of the molecule is CCSCCCN1CC(=O)NC(C(C)CC)C1=O. The summed E-state index contributed by atoms with van der Waals surface area (Å²) in [7, 11) is 0. The number of rotatable bonds is 7. The second-order valence-corrected chi connectivity index (χ2v) is 6.13. The van der Waals surface area contributed by atoms with E-state index in [1.54, 1.807) is 4.90 Å². The van der Waals surface area contributed by atoms with E-state index in [4.69, 9.17) is 0 Å². The van der Waals surface area contributed by atoms with E-state index in [1.807, 2.05) is 25.6 Å². The van der Waals surface area contributed by atoms with Crippen LogP contribution in [-0.2, 0) is 9.59 Å². The van der Waals surface area contributed by atoms with Crippen molar-refractivity contribution in [3.63, 3.8) is 0 Å². The second kappa shape index (κ2) is 7.67. The van der Waals surface area contributed by atoms with Crippen molar-refractivity contribution >= 4 is 23.6 Å². The number of carbonyl (C=O) groups is 2. The molecule has 1 fully saturated rings. The maximum Gasteiger partial charge on any atom is 0.245 e. The zero-order chi connectivity index (χ0) is 13.5. The van der Waals surface area contributed by atoms with Gasteiger partial charge in [0.05, 0.1) is 6.54 Å². The minimum absolute atomic E-state index is 0.0250. The number of nitrogens with zero attached hydrogens (tertiary/aromatic N) is 1. The predicted octanol–water partition coefficient (Wildman–Crippen LogP) is 1.50. The van der Waals surface area contributed by atoms with Crippen LogP contribution in [0.3, 0.4) is 0 Å². The Bertz CT molecular complexity index is 297. The summed E-state index contributed by atoms with van der Waals surface area (Å²) in [6.45, 7) is 7.11. The van der Waals surface area contributed by atoms with Gasteiger partial charge < -0.3 is 10.2 Å². The average molecular weight is 272 g/mol. The first-order chi connectivity index (χ1) is 8.60. The van der Waals surface area contributed by atoms with Crippen molar-refractivity contribution in [3.05, 3.63) is 0 Å². The molecule has 1 rings (SSSR count). The molecule has 1 aliphatic heterocycles. The summed E-state index contributed by atoms with van der Waals surface area (Å²) in [6.07, 6.45) is 1.86. The van der Waals surface area contributed by atoms with Crippen LogP contribution < -0.4 is 5.32 Å². The van der Waals surface area contributed by atoms with Crippen LogP contribution in [0.1, 0.15) is 33.6 Å². The lowest BCUT2D eigenvalue weighted by Gasteiger charge is -2.35. The first kappa shape index (κ1) is 15.3. The van der Waals surface area contributed by atoms with Gasteiger partial charge in [-0.2, -0.15) is 11.8 Å². The maximum absolute atomic E-state index is 12.2. The Morgan fingerprint density at radius 3 is 2.78 bits per heavy atom. The largest absolute Gasteiger partial charge is 0.342 e. The van der Waals surface area contributed by atoms with E-state index in [1.165, 1.54) is 0 Å². The van der Waals surface area contributed by atoms with Crippen molar-refractivity contribution in [1.82, 2.24) is 10.2 Å². The molecule has 1 N–H and O–H groups in total. The Morgan fingerprint density at radius 2 is 2.17 bits per heavy atom. The van der Waals surface area contributed by atoms with Crippen molar-refractivity contribution in [1.29, 1.82) is 0 Å². The Balaban J connectivity index is 2.51. The summed E-state index contributed by atoms with van der Waals surface area (Å²) in [6, 6.07) is -0.324. The zero-order valence-corrected chi connectivity index (χ0v) is 12.4. The average Bonchev–Trinajstić information content (AvgIpc) is 2.37. The molecule has 2 atom stereocenters. The highest BCUT2D eigenvalue weighted by Gasteiger charge is 2.34. The fourth-order valence-corrected chi connectivity index (χ4v) is 2.66. The van der Waals surface area contributed by atoms with Gasteiger partial charge in [-0.1, -0.05) is 27.2 Å². The molecule has 0 aromatic carbocycles. The van der Waals surface area contributed by atoms with Crippen LogP contribution in [-0.4, -0.2) is 47.4 Å².